The summed E-state index contributed by atoms with van der Waals surface area (Å²) in [6.07, 6.45) is 2.76. The molecule has 0 aliphatic heterocycles. The van der Waals surface area contributed by atoms with Crippen molar-refractivity contribution in [3.05, 3.63) is 71.2 Å². The van der Waals surface area contributed by atoms with Crippen LogP contribution in [0.2, 0.25) is 0 Å². The molecule has 1 N–H and O–H groups in total. The van der Waals surface area contributed by atoms with Crippen molar-refractivity contribution < 1.29 is 22.7 Å². The third kappa shape index (κ3) is 3.59. The number of alkyl halides is 2. The number of nitrogens with one attached hydrogen (secondary N) is 1. The highest BCUT2D eigenvalue weighted by molar-refractivity contribution is 6.19. The molecule has 26 heavy (non-hydrogen) atoms. The largest absolute Gasteiger partial charge is 0.435 e. The molecule has 0 saturated carbocycles. The van der Waals surface area contributed by atoms with Crippen molar-refractivity contribution in [1.82, 2.24) is 4.98 Å². The first kappa shape index (κ1) is 17.3. The molecule has 0 unspecified atom stereocenters. The van der Waals surface area contributed by atoms with Crippen LogP contribution in [0.1, 0.15) is 15.9 Å². The van der Waals surface area contributed by atoms with Gasteiger partial charge >= 0.3 is 6.61 Å². The quantitative estimate of drug-likeness (QED) is 0.409. The summed E-state index contributed by atoms with van der Waals surface area (Å²) in [5.41, 5.74) is 1.02. The van der Waals surface area contributed by atoms with Gasteiger partial charge in [-0.3, -0.25) is 4.79 Å². The molecule has 0 fully saturated rings. The number of aromatic amines is 1. The molecule has 0 amide bonds. The third-order valence-electron chi connectivity index (χ3n) is 3.67. The number of allylic oxidation sites excluding steroid dienone is 1. The zero-order valence-electron chi connectivity index (χ0n) is 13.2. The van der Waals surface area contributed by atoms with Crippen molar-refractivity contribution in [2.45, 2.75) is 6.61 Å². The van der Waals surface area contributed by atoms with Crippen LogP contribution in [0, 0.1) is 17.1 Å². The van der Waals surface area contributed by atoms with Crippen LogP contribution in [-0.4, -0.2) is 17.4 Å². The van der Waals surface area contributed by atoms with Gasteiger partial charge < -0.3 is 9.72 Å². The average molecular weight is 356 g/mol. The maximum Gasteiger partial charge on any atom is 0.387 e. The number of ketones is 1. The highest BCUT2D eigenvalue weighted by atomic mass is 19.3. The number of nitriles is 1. The van der Waals surface area contributed by atoms with E-state index in [1.165, 1.54) is 54.7 Å². The van der Waals surface area contributed by atoms with Gasteiger partial charge in [-0.25, -0.2) is 4.39 Å². The fourth-order valence-electron chi connectivity index (χ4n) is 2.49. The zero-order valence-corrected chi connectivity index (χ0v) is 13.2. The number of H-pyrrole nitrogens is 1. The predicted octanol–water partition coefficient (Wildman–Crippen LogP) is 4.70. The minimum atomic E-state index is -2.93. The van der Waals surface area contributed by atoms with E-state index in [9.17, 15) is 23.2 Å². The molecule has 130 valence electrons. The van der Waals surface area contributed by atoms with Gasteiger partial charge in [0.25, 0.3) is 0 Å². The van der Waals surface area contributed by atoms with Gasteiger partial charge in [0.15, 0.2) is 0 Å². The van der Waals surface area contributed by atoms with Crippen LogP contribution in [0.4, 0.5) is 13.2 Å². The Labute approximate surface area is 146 Å². The molecule has 2 aromatic carbocycles. The lowest BCUT2D eigenvalue weighted by atomic mass is 10.0. The van der Waals surface area contributed by atoms with Gasteiger partial charge in [-0.2, -0.15) is 14.0 Å². The topological polar surface area (TPSA) is 65.9 Å². The van der Waals surface area contributed by atoms with Crippen LogP contribution in [0.3, 0.4) is 0 Å². The van der Waals surface area contributed by atoms with Gasteiger partial charge in [-0.15, -0.1) is 0 Å². The van der Waals surface area contributed by atoms with Crippen LogP contribution >= 0.6 is 0 Å². The van der Waals surface area contributed by atoms with Gasteiger partial charge in [0.2, 0.25) is 5.78 Å². The number of Topliss-reactive ketones (excluding diaryl/α,β-unsaturated/α-hetero) is 1. The molecule has 1 aromatic heterocycles. The van der Waals surface area contributed by atoms with Crippen molar-refractivity contribution in [2.75, 3.05) is 0 Å². The monoisotopic (exact) mass is 356 g/mol. The Morgan fingerprint density at radius 3 is 2.58 bits per heavy atom. The Morgan fingerprint density at radius 2 is 1.92 bits per heavy atom. The fraction of sp³-hybridized carbons (Fsp3) is 0.0526. The summed E-state index contributed by atoms with van der Waals surface area (Å²) in [7, 11) is 0. The molecule has 0 atom stereocenters. The summed E-state index contributed by atoms with van der Waals surface area (Å²) in [6.45, 7) is -2.93. The number of hydrogen-bond donors (Lipinski definition) is 1. The second-order valence-corrected chi connectivity index (χ2v) is 5.34. The zero-order chi connectivity index (χ0) is 18.7. The number of fused-ring (bicyclic) bond motifs is 1. The van der Waals surface area contributed by atoms with Gasteiger partial charge in [0.1, 0.15) is 23.2 Å². The molecule has 3 rings (SSSR count). The summed E-state index contributed by atoms with van der Waals surface area (Å²) < 4.78 is 41.8. The smallest absolute Gasteiger partial charge is 0.387 e. The number of hydrogen-bond acceptors (Lipinski definition) is 3. The summed E-state index contributed by atoms with van der Waals surface area (Å²) >= 11 is 0. The van der Waals surface area contributed by atoms with E-state index < -0.39 is 18.2 Å². The van der Waals surface area contributed by atoms with Crippen LogP contribution in [-0.2, 0) is 0 Å². The van der Waals surface area contributed by atoms with Crippen molar-refractivity contribution in [1.29, 1.82) is 5.26 Å². The lowest BCUT2D eigenvalue weighted by Crippen LogP contribution is -2.02. The number of benzene rings is 2. The number of halogens is 3. The van der Waals surface area contributed by atoms with Gasteiger partial charge in [-0.1, -0.05) is 12.1 Å². The van der Waals surface area contributed by atoms with E-state index in [-0.39, 0.29) is 16.9 Å². The highest BCUT2D eigenvalue weighted by Gasteiger charge is 2.17. The van der Waals surface area contributed by atoms with E-state index in [1.807, 2.05) is 6.07 Å². The summed E-state index contributed by atoms with van der Waals surface area (Å²) in [4.78, 5) is 15.4. The first-order valence-corrected chi connectivity index (χ1v) is 7.46. The third-order valence-corrected chi connectivity index (χ3v) is 3.67. The number of ether oxygens (including phenoxy) is 1. The SMILES string of the molecule is N#C/C(=C\c1ccc(OC(F)F)cc1)C(=O)c1c[nH]c2cc(F)ccc12. The van der Waals surface area contributed by atoms with Gasteiger partial charge in [-0.05, 0) is 42.0 Å². The van der Waals surface area contributed by atoms with Gasteiger partial charge in [0, 0.05) is 22.7 Å². The van der Waals surface area contributed by atoms with Crippen molar-refractivity contribution >= 4 is 22.8 Å². The molecule has 0 spiro atoms. The lowest BCUT2D eigenvalue weighted by molar-refractivity contribution is -0.0498. The molecule has 3 aromatic rings. The van der Waals surface area contributed by atoms with Crippen LogP contribution in [0.5, 0.6) is 5.75 Å². The summed E-state index contributed by atoms with van der Waals surface area (Å²) in [5.74, 6) is -1.00. The summed E-state index contributed by atoms with van der Waals surface area (Å²) in [5, 5.41) is 9.81. The molecular formula is C19H11F3N2O2. The molecule has 1 heterocycles. The van der Waals surface area contributed by atoms with E-state index in [0.29, 0.717) is 16.5 Å². The molecule has 0 saturated heterocycles. The van der Waals surface area contributed by atoms with Crippen LogP contribution < -0.4 is 4.74 Å². The van der Waals surface area contributed by atoms with E-state index in [0.717, 1.165) is 0 Å². The first-order valence-electron chi connectivity index (χ1n) is 7.46. The Bertz CT molecular complexity index is 1030. The minimum Gasteiger partial charge on any atom is -0.435 e. The van der Waals surface area contributed by atoms with Gasteiger partial charge in [0.05, 0.1) is 0 Å². The maximum atomic E-state index is 13.2. The molecule has 0 aliphatic rings. The fourth-order valence-corrected chi connectivity index (χ4v) is 2.49. The molecule has 0 aliphatic carbocycles. The number of rotatable bonds is 5. The van der Waals surface area contributed by atoms with Crippen molar-refractivity contribution in [3.8, 4) is 11.8 Å². The van der Waals surface area contributed by atoms with E-state index in [2.05, 4.69) is 9.72 Å². The summed E-state index contributed by atoms with van der Waals surface area (Å²) in [6, 6.07) is 11.3. The Morgan fingerprint density at radius 1 is 1.19 bits per heavy atom. The Balaban J connectivity index is 1.91. The Kier molecular flexibility index (Phi) is 4.76. The van der Waals surface area contributed by atoms with Crippen LogP contribution in [0.25, 0.3) is 17.0 Å². The second kappa shape index (κ2) is 7.15. The molecule has 4 nitrogen and oxygen atoms in total. The van der Waals surface area contributed by atoms with E-state index in [4.69, 9.17) is 0 Å². The standard InChI is InChI=1S/C19H11F3N2O2/c20-13-3-6-15-16(10-24-17(15)8-13)18(25)12(9-23)7-11-1-4-14(5-2-11)26-19(21)22/h1-8,10,19,24H/b12-7+. The molecule has 0 bridgehead atoms. The van der Waals surface area contributed by atoms with E-state index >= 15 is 0 Å². The highest BCUT2D eigenvalue weighted by Crippen LogP contribution is 2.23. The van der Waals surface area contributed by atoms with E-state index in [1.54, 1.807) is 0 Å². The predicted molar refractivity (Wildman–Crippen MR) is 89.3 cm³/mol. The number of nitrogens with zero attached hydrogens (tertiary/aromatic N) is 1. The minimum absolute atomic E-state index is 0.0272. The van der Waals surface area contributed by atoms with Crippen molar-refractivity contribution in [2.24, 2.45) is 0 Å². The number of aromatic nitrogens is 1. The van der Waals surface area contributed by atoms with Crippen molar-refractivity contribution in [3.63, 3.8) is 0 Å². The number of carbonyl (C=O) groups is 1. The first-order chi connectivity index (χ1) is 12.5. The average Bonchev–Trinajstić information content (AvgIpc) is 3.03. The second-order valence-electron chi connectivity index (χ2n) is 5.34. The maximum absolute atomic E-state index is 13.2. The molecule has 0 radical (unpaired) electrons. The number of carbonyl (C=O) groups excluding carboxylic acids is 1. The molecule has 7 heteroatoms. The Hall–Kier alpha value is -3.53. The molecular weight excluding hydrogens is 345 g/mol. The lowest BCUT2D eigenvalue weighted by Gasteiger charge is -2.04. The normalized spacial score (nSPS) is 11.6. The van der Waals surface area contributed by atoms with Crippen LogP contribution in [0.15, 0.2) is 54.2 Å².